The van der Waals surface area contributed by atoms with Crippen LogP contribution in [-0.4, -0.2) is 5.78 Å². The van der Waals surface area contributed by atoms with Crippen molar-refractivity contribution in [2.24, 2.45) is 5.41 Å². The number of allylic oxidation sites excluding steroid dienone is 2. The van der Waals surface area contributed by atoms with Gasteiger partial charge in [0.2, 0.25) is 0 Å². The number of carbonyl (C=O) groups is 1. The highest BCUT2D eigenvalue weighted by Crippen LogP contribution is 2.34. The molecule has 0 saturated heterocycles. The van der Waals surface area contributed by atoms with Crippen molar-refractivity contribution in [2.45, 2.75) is 33.6 Å². The van der Waals surface area contributed by atoms with Crippen molar-refractivity contribution in [3.8, 4) is 0 Å². The molecule has 2 nitrogen and oxygen atoms in total. The number of Topliss-reactive ketones (excluding diaryl/α,β-unsaturated/α-hetero) is 1. The number of hydrogen-bond donors (Lipinski definition) is 0. The Morgan fingerprint density at radius 2 is 1.91 bits per heavy atom. The molecule has 0 atom stereocenters. The molecule has 0 fully saturated rings. The van der Waals surface area contributed by atoms with Crippen LogP contribution >= 0.6 is 0 Å². The fourth-order valence-corrected chi connectivity index (χ4v) is 1.35. The minimum absolute atomic E-state index is 0.0197. The summed E-state index contributed by atoms with van der Waals surface area (Å²) >= 11 is 0. The first-order chi connectivity index (χ1) is 4.92. The second-order valence-corrected chi connectivity index (χ2v) is 3.99. The summed E-state index contributed by atoms with van der Waals surface area (Å²) in [6.45, 7) is 5.53. The largest absolute Gasteiger partial charge is 0.875 e. The van der Waals surface area contributed by atoms with Crippen LogP contribution in [0, 0.1) is 5.41 Å². The molecule has 1 rings (SSSR count). The van der Waals surface area contributed by atoms with Crippen molar-refractivity contribution in [3.63, 3.8) is 0 Å². The monoisotopic (exact) mass is 153 g/mol. The van der Waals surface area contributed by atoms with E-state index in [1.807, 2.05) is 13.8 Å². The highest BCUT2D eigenvalue weighted by atomic mass is 16.3. The summed E-state index contributed by atoms with van der Waals surface area (Å²) in [4.78, 5) is 11.2. The Morgan fingerprint density at radius 3 is 2.36 bits per heavy atom. The first-order valence-electron chi connectivity index (χ1n) is 3.82. The molecule has 0 amide bonds. The second-order valence-electron chi connectivity index (χ2n) is 3.99. The van der Waals surface area contributed by atoms with Gasteiger partial charge in [-0.2, -0.15) is 0 Å². The maximum Gasteiger partial charge on any atom is 0.158 e. The van der Waals surface area contributed by atoms with Crippen molar-refractivity contribution >= 4 is 5.78 Å². The lowest BCUT2D eigenvalue weighted by Gasteiger charge is -2.34. The minimum atomic E-state index is -0.117. The van der Waals surface area contributed by atoms with Gasteiger partial charge in [-0.25, -0.2) is 0 Å². The normalized spacial score (nSPS) is 24.1. The van der Waals surface area contributed by atoms with Crippen LogP contribution in [0.1, 0.15) is 33.6 Å². The summed E-state index contributed by atoms with van der Waals surface area (Å²) in [5, 5.41) is 11.2. The molecule has 2 heteroatoms. The number of rotatable bonds is 0. The maximum atomic E-state index is 11.2. The molecular weight excluding hydrogens is 140 g/mol. The Hall–Kier alpha value is -0.790. The lowest BCUT2D eigenvalue weighted by Crippen LogP contribution is -2.29. The van der Waals surface area contributed by atoms with E-state index >= 15 is 0 Å². The summed E-state index contributed by atoms with van der Waals surface area (Å²) in [5.74, 6) is 0.0394. The van der Waals surface area contributed by atoms with E-state index in [4.69, 9.17) is 0 Å². The molecule has 1 aliphatic carbocycles. The molecule has 0 saturated carbocycles. The van der Waals surface area contributed by atoms with E-state index in [0.29, 0.717) is 18.4 Å². The Bertz CT molecular complexity index is 224. The van der Waals surface area contributed by atoms with E-state index < -0.39 is 0 Å². The van der Waals surface area contributed by atoms with E-state index in [9.17, 15) is 9.90 Å². The van der Waals surface area contributed by atoms with Crippen LogP contribution in [-0.2, 0) is 4.79 Å². The maximum absolute atomic E-state index is 11.2. The van der Waals surface area contributed by atoms with Crippen LogP contribution in [0.5, 0.6) is 0 Å². The van der Waals surface area contributed by atoms with Gasteiger partial charge in [0.05, 0.1) is 0 Å². The van der Waals surface area contributed by atoms with E-state index in [-0.39, 0.29) is 17.0 Å². The summed E-state index contributed by atoms with van der Waals surface area (Å²) in [5.41, 5.74) is 0.317. The van der Waals surface area contributed by atoms with Gasteiger partial charge in [0.15, 0.2) is 5.78 Å². The smallest absolute Gasteiger partial charge is 0.158 e. The number of ketones is 1. The Labute approximate surface area is 66.9 Å². The molecule has 0 aromatic rings. The zero-order valence-corrected chi connectivity index (χ0v) is 7.23. The molecule has 0 aliphatic heterocycles. The topological polar surface area (TPSA) is 40.1 Å². The van der Waals surface area contributed by atoms with Crippen LogP contribution in [0.4, 0.5) is 0 Å². The van der Waals surface area contributed by atoms with E-state index in [2.05, 4.69) is 0 Å². The van der Waals surface area contributed by atoms with Crippen molar-refractivity contribution in [3.05, 3.63) is 11.3 Å². The van der Waals surface area contributed by atoms with Gasteiger partial charge in [-0.05, 0) is 24.3 Å². The summed E-state index contributed by atoms with van der Waals surface area (Å²) in [6.07, 6.45) is 1.04. The van der Waals surface area contributed by atoms with E-state index in [1.54, 1.807) is 6.92 Å². The van der Waals surface area contributed by atoms with Crippen LogP contribution in [0.2, 0.25) is 0 Å². The van der Waals surface area contributed by atoms with Crippen LogP contribution < -0.4 is 5.11 Å². The van der Waals surface area contributed by atoms with Gasteiger partial charge in [0, 0.05) is 6.42 Å². The van der Waals surface area contributed by atoms with Gasteiger partial charge >= 0.3 is 0 Å². The second kappa shape index (κ2) is 2.36. The van der Waals surface area contributed by atoms with Crippen LogP contribution in [0.15, 0.2) is 11.3 Å². The molecule has 0 radical (unpaired) electrons. The SMILES string of the molecule is CC1=C([O-])CC(C)(C)CC1=O. The molecule has 0 aromatic heterocycles. The lowest BCUT2D eigenvalue weighted by atomic mass is 9.77. The zero-order valence-electron chi connectivity index (χ0n) is 7.23. The molecule has 0 unspecified atom stereocenters. The number of hydrogen-bond acceptors (Lipinski definition) is 2. The molecule has 11 heavy (non-hydrogen) atoms. The standard InChI is InChI=1S/C9H14O2/c1-6-7(10)4-9(2,3)5-8(6)11/h10H,4-5H2,1-3H3/p-1. The molecule has 0 N–H and O–H groups in total. The zero-order chi connectivity index (χ0) is 8.65. The Morgan fingerprint density at radius 1 is 1.36 bits per heavy atom. The first kappa shape index (κ1) is 8.31. The fraction of sp³-hybridized carbons (Fsp3) is 0.667. The third-order valence-electron chi connectivity index (χ3n) is 2.11. The molecule has 0 bridgehead atoms. The minimum Gasteiger partial charge on any atom is -0.875 e. The van der Waals surface area contributed by atoms with Crippen molar-refractivity contribution in [1.82, 2.24) is 0 Å². The van der Waals surface area contributed by atoms with Gasteiger partial charge in [-0.15, -0.1) is 5.76 Å². The Kier molecular flexibility index (Phi) is 1.78. The van der Waals surface area contributed by atoms with E-state index in [1.165, 1.54) is 0 Å². The molecule has 62 valence electrons. The van der Waals surface area contributed by atoms with Gasteiger partial charge in [0.25, 0.3) is 0 Å². The van der Waals surface area contributed by atoms with Crippen LogP contribution in [0.3, 0.4) is 0 Å². The predicted octanol–water partition coefficient (Wildman–Crippen LogP) is 1.01. The average molecular weight is 153 g/mol. The molecule has 1 aliphatic rings. The third-order valence-corrected chi connectivity index (χ3v) is 2.11. The molecule has 0 heterocycles. The highest BCUT2D eigenvalue weighted by Gasteiger charge is 2.26. The quantitative estimate of drug-likeness (QED) is 0.521. The fourth-order valence-electron chi connectivity index (χ4n) is 1.35. The highest BCUT2D eigenvalue weighted by molar-refractivity contribution is 5.96. The van der Waals surface area contributed by atoms with Crippen molar-refractivity contribution in [1.29, 1.82) is 0 Å². The summed E-state index contributed by atoms with van der Waals surface area (Å²) in [7, 11) is 0. The average Bonchev–Trinajstić information content (AvgIpc) is 1.81. The van der Waals surface area contributed by atoms with E-state index in [0.717, 1.165) is 0 Å². The van der Waals surface area contributed by atoms with Crippen LogP contribution in [0.25, 0.3) is 0 Å². The third kappa shape index (κ3) is 1.62. The van der Waals surface area contributed by atoms with Gasteiger partial charge < -0.3 is 5.11 Å². The summed E-state index contributed by atoms with van der Waals surface area (Å²) in [6, 6.07) is 0. The molecule has 0 spiro atoms. The van der Waals surface area contributed by atoms with Crippen molar-refractivity contribution in [2.75, 3.05) is 0 Å². The lowest BCUT2D eigenvalue weighted by molar-refractivity contribution is -0.312. The predicted molar refractivity (Wildman–Crippen MR) is 40.7 cm³/mol. The van der Waals surface area contributed by atoms with Crippen molar-refractivity contribution < 1.29 is 9.90 Å². The van der Waals surface area contributed by atoms with Gasteiger partial charge in [-0.1, -0.05) is 13.8 Å². The molecule has 0 aromatic carbocycles. The summed E-state index contributed by atoms with van der Waals surface area (Å²) < 4.78 is 0. The number of carbonyl (C=O) groups excluding carboxylic acids is 1. The Balaban J connectivity index is 2.94. The molecular formula is C9H13O2-. The first-order valence-corrected chi connectivity index (χ1v) is 3.82. The van der Waals surface area contributed by atoms with Gasteiger partial charge in [-0.3, -0.25) is 4.79 Å². The van der Waals surface area contributed by atoms with Gasteiger partial charge in [0.1, 0.15) is 0 Å².